The van der Waals surface area contributed by atoms with Gasteiger partial charge in [0.1, 0.15) is 23.1 Å². The lowest BCUT2D eigenvalue weighted by Gasteiger charge is -2.07. The van der Waals surface area contributed by atoms with Crippen molar-refractivity contribution in [2.75, 3.05) is 12.8 Å². The summed E-state index contributed by atoms with van der Waals surface area (Å²) in [6.45, 7) is 4.48. The monoisotopic (exact) mass is 269 g/mol. The molecule has 0 unspecified atom stereocenters. The fourth-order valence-corrected chi connectivity index (χ4v) is 2.29. The van der Waals surface area contributed by atoms with Crippen LogP contribution in [0.4, 0.5) is 5.82 Å². The maximum Gasteiger partial charge on any atom is 0.132 e. The average Bonchev–Trinajstić information content (AvgIpc) is 2.76. The number of rotatable bonds is 4. The number of anilines is 1. The Morgan fingerprint density at radius 1 is 1.45 bits per heavy atom. The van der Waals surface area contributed by atoms with Crippen LogP contribution in [0.2, 0.25) is 0 Å². The maximum atomic E-state index is 6.19. The van der Waals surface area contributed by atoms with Crippen molar-refractivity contribution in [1.82, 2.24) is 9.55 Å². The minimum atomic E-state index is 0.442. The van der Waals surface area contributed by atoms with Gasteiger partial charge in [0.15, 0.2) is 0 Å². The molecule has 0 saturated carbocycles. The van der Waals surface area contributed by atoms with Gasteiger partial charge in [-0.15, -0.1) is 6.42 Å². The van der Waals surface area contributed by atoms with Gasteiger partial charge in [-0.2, -0.15) is 0 Å². The molecule has 4 nitrogen and oxygen atoms in total. The lowest BCUT2D eigenvalue weighted by molar-refractivity contribution is 0.412. The van der Waals surface area contributed by atoms with Crippen molar-refractivity contribution in [2.24, 2.45) is 0 Å². The molecule has 0 atom stereocenters. The van der Waals surface area contributed by atoms with E-state index in [1.165, 1.54) is 0 Å². The molecule has 0 spiro atoms. The molecule has 0 amide bonds. The Bertz CT molecular complexity index is 665. The third kappa shape index (κ3) is 2.35. The SMILES string of the molecule is C#CCn1c(CC)nc(-c2ccc(OC)c(C)c2)c1N. The second-order valence-corrected chi connectivity index (χ2v) is 4.59. The average molecular weight is 269 g/mol. The van der Waals surface area contributed by atoms with E-state index in [1.807, 2.05) is 36.6 Å². The lowest BCUT2D eigenvalue weighted by Crippen LogP contribution is -2.05. The second kappa shape index (κ2) is 5.70. The zero-order valence-corrected chi connectivity index (χ0v) is 12.1. The molecule has 1 aromatic heterocycles. The minimum Gasteiger partial charge on any atom is -0.496 e. The van der Waals surface area contributed by atoms with Crippen molar-refractivity contribution in [3.63, 3.8) is 0 Å². The topological polar surface area (TPSA) is 53.1 Å². The van der Waals surface area contributed by atoms with Gasteiger partial charge >= 0.3 is 0 Å². The van der Waals surface area contributed by atoms with E-state index in [0.29, 0.717) is 12.4 Å². The normalized spacial score (nSPS) is 10.3. The molecule has 1 heterocycles. The molecule has 0 aliphatic heterocycles. The van der Waals surface area contributed by atoms with E-state index in [1.54, 1.807) is 7.11 Å². The first-order valence-corrected chi connectivity index (χ1v) is 6.55. The van der Waals surface area contributed by atoms with Gasteiger partial charge in [0.2, 0.25) is 0 Å². The van der Waals surface area contributed by atoms with Gasteiger partial charge in [-0.25, -0.2) is 4.98 Å². The highest BCUT2D eigenvalue weighted by Gasteiger charge is 2.15. The number of aryl methyl sites for hydroxylation is 2. The zero-order chi connectivity index (χ0) is 14.7. The van der Waals surface area contributed by atoms with Crippen molar-refractivity contribution in [2.45, 2.75) is 26.8 Å². The number of nitrogens with two attached hydrogens (primary N) is 1. The molecule has 0 saturated heterocycles. The van der Waals surface area contributed by atoms with Gasteiger partial charge in [0, 0.05) is 12.0 Å². The number of ether oxygens (including phenoxy) is 1. The summed E-state index contributed by atoms with van der Waals surface area (Å²) in [6.07, 6.45) is 6.18. The molecule has 2 rings (SSSR count). The molecule has 2 aromatic rings. The number of methoxy groups -OCH3 is 1. The van der Waals surface area contributed by atoms with E-state index in [0.717, 1.165) is 34.8 Å². The van der Waals surface area contributed by atoms with Crippen LogP contribution < -0.4 is 10.5 Å². The summed E-state index contributed by atoms with van der Waals surface area (Å²) >= 11 is 0. The van der Waals surface area contributed by atoms with Crippen LogP contribution in [0.5, 0.6) is 5.75 Å². The largest absolute Gasteiger partial charge is 0.496 e. The highest BCUT2D eigenvalue weighted by atomic mass is 16.5. The van der Waals surface area contributed by atoms with Gasteiger partial charge in [0.25, 0.3) is 0 Å². The van der Waals surface area contributed by atoms with Crippen molar-refractivity contribution in [3.05, 3.63) is 29.6 Å². The quantitative estimate of drug-likeness (QED) is 0.868. The highest BCUT2D eigenvalue weighted by Crippen LogP contribution is 2.30. The maximum absolute atomic E-state index is 6.19. The molecule has 1 aromatic carbocycles. The van der Waals surface area contributed by atoms with Crippen LogP contribution in [0.25, 0.3) is 11.3 Å². The van der Waals surface area contributed by atoms with Crippen molar-refractivity contribution in [3.8, 4) is 29.4 Å². The van der Waals surface area contributed by atoms with Crippen molar-refractivity contribution >= 4 is 5.82 Å². The van der Waals surface area contributed by atoms with Crippen LogP contribution in [0.1, 0.15) is 18.3 Å². The van der Waals surface area contributed by atoms with Crippen LogP contribution in [-0.4, -0.2) is 16.7 Å². The molecule has 4 heteroatoms. The van der Waals surface area contributed by atoms with Crippen LogP contribution in [0.3, 0.4) is 0 Å². The van der Waals surface area contributed by atoms with Crippen LogP contribution >= 0.6 is 0 Å². The first-order chi connectivity index (χ1) is 9.62. The number of aromatic nitrogens is 2. The fourth-order valence-electron chi connectivity index (χ4n) is 2.29. The summed E-state index contributed by atoms with van der Waals surface area (Å²) in [5, 5.41) is 0. The Balaban J connectivity index is 2.53. The van der Waals surface area contributed by atoms with Gasteiger partial charge in [-0.05, 0) is 30.7 Å². The molecular weight excluding hydrogens is 250 g/mol. The predicted octanol–water partition coefficient (Wildman–Crippen LogP) is 2.64. The third-order valence-corrected chi connectivity index (χ3v) is 3.32. The van der Waals surface area contributed by atoms with E-state index in [9.17, 15) is 0 Å². The highest BCUT2D eigenvalue weighted by molar-refractivity contribution is 5.72. The molecule has 20 heavy (non-hydrogen) atoms. The molecule has 104 valence electrons. The van der Waals surface area contributed by atoms with E-state index >= 15 is 0 Å². The van der Waals surface area contributed by atoms with Gasteiger partial charge < -0.3 is 15.0 Å². The lowest BCUT2D eigenvalue weighted by atomic mass is 10.1. The van der Waals surface area contributed by atoms with Gasteiger partial charge in [-0.3, -0.25) is 0 Å². The van der Waals surface area contributed by atoms with Crippen molar-refractivity contribution < 1.29 is 4.74 Å². The second-order valence-electron chi connectivity index (χ2n) is 4.59. The minimum absolute atomic E-state index is 0.442. The standard InChI is InChI=1S/C16H19N3O/c1-5-9-19-14(6-2)18-15(16(19)17)12-7-8-13(20-4)11(3)10-12/h1,7-8,10H,6,9,17H2,2-4H3. The summed E-state index contributed by atoms with van der Waals surface area (Å²) in [5.41, 5.74) is 9.00. The first kappa shape index (κ1) is 14.0. The number of imidazole rings is 1. The van der Waals surface area contributed by atoms with Gasteiger partial charge in [-0.1, -0.05) is 12.8 Å². The molecule has 0 radical (unpaired) electrons. The number of hydrogen-bond acceptors (Lipinski definition) is 3. The Morgan fingerprint density at radius 2 is 2.20 bits per heavy atom. The van der Waals surface area contributed by atoms with E-state index < -0.39 is 0 Å². The van der Waals surface area contributed by atoms with Crippen LogP contribution in [-0.2, 0) is 13.0 Å². The van der Waals surface area contributed by atoms with Crippen LogP contribution in [0, 0.1) is 19.3 Å². The zero-order valence-electron chi connectivity index (χ0n) is 12.1. The summed E-state index contributed by atoms with van der Waals surface area (Å²) in [7, 11) is 1.66. The number of benzene rings is 1. The molecule has 0 fully saturated rings. The molecule has 2 N–H and O–H groups in total. The van der Waals surface area contributed by atoms with E-state index in [2.05, 4.69) is 10.9 Å². The molecule has 0 aliphatic rings. The summed E-state index contributed by atoms with van der Waals surface area (Å²) < 4.78 is 7.16. The Hall–Kier alpha value is -2.41. The Labute approximate surface area is 119 Å². The first-order valence-electron chi connectivity index (χ1n) is 6.55. The smallest absolute Gasteiger partial charge is 0.132 e. The van der Waals surface area contributed by atoms with E-state index in [4.69, 9.17) is 16.9 Å². The molecular formula is C16H19N3O. The summed E-state index contributed by atoms with van der Waals surface area (Å²) in [5.74, 6) is 4.99. The molecule has 0 bridgehead atoms. The number of nitrogen functional groups attached to an aromatic ring is 1. The van der Waals surface area contributed by atoms with E-state index in [-0.39, 0.29) is 0 Å². The van der Waals surface area contributed by atoms with Crippen LogP contribution in [0.15, 0.2) is 18.2 Å². The fraction of sp³-hybridized carbons (Fsp3) is 0.312. The third-order valence-electron chi connectivity index (χ3n) is 3.32. The predicted molar refractivity (Wildman–Crippen MR) is 81.6 cm³/mol. The molecule has 0 aliphatic carbocycles. The van der Waals surface area contributed by atoms with Gasteiger partial charge in [0.05, 0.1) is 13.7 Å². The number of terminal acetylenes is 1. The van der Waals surface area contributed by atoms with Crippen molar-refractivity contribution in [1.29, 1.82) is 0 Å². The number of nitrogens with zero attached hydrogens (tertiary/aromatic N) is 2. The summed E-state index contributed by atoms with van der Waals surface area (Å²) in [6, 6.07) is 5.91. The Kier molecular flexibility index (Phi) is 3.99. The Morgan fingerprint density at radius 3 is 2.75 bits per heavy atom. The summed E-state index contributed by atoms with van der Waals surface area (Å²) in [4.78, 5) is 4.62. The number of hydrogen-bond donors (Lipinski definition) is 1.